The second kappa shape index (κ2) is 8.01. The molecule has 1 aliphatic heterocycles. The molecule has 1 heterocycles. The molecule has 0 aromatic heterocycles. The molecule has 0 aliphatic carbocycles. The van der Waals surface area contributed by atoms with Gasteiger partial charge in [0.15, 0.2) is 0 Å². The van der Waals surface area contributed by atoms with Gasteiger partial charge in [-0.1, -0.05) is 18.2 Å². The minimum absolute atomic E-state index is 0.0108. The average Bonchev–Trinajstić information content (AvgIpc) is 2.66. The van der Waals surface area contributed by atoms with Crippen LogP contribution in [0.5, 0.6) is 11.5 Å². The highest BCUT2D eigenvalue weighted by Crippen LogP contribution is 2.26. The third-order valence-electron chi connectivity index (χ3n) is 4.37. The van der Waals surface area contributed by atoms with Gasteiger partial charge in [0.25, 0.3) is 0 Å². The molecule has 6 heteroatoms. The molecule has 0 saturated carbocycles. The van der Waals surface area contributed by atoms with E-state index < -0.39 is 6.04 Å². The van der Waals surface area contributed by atoms with Crippen LogP contribution in [-0.2, 0) is 14.3 Å². The van der Waals surface area contributed by atoms with Crippen LogP contribution in [0, 0.1) is 0 Å². The summed E-state index contributed by atoms with van der Waals surface area (Å²) in [5.74, 6) is 1.20. The van der Waals surface area contributed by atoms with Gasteiger partial charge in [-0.3, -0.25) is 9.59 Å². The van der Waals surface area contributed by atoms with E-state index in [9.17, 15) is 9.59 Å². The number of hydrogen-bond donors (Lipinski definition) is 0. The van der Waals surface area contributed by atoms with Gasteiger partial charge in [0.2, 0.25) is 11.8 Å². The zero-order chi connectivity index (χ0) is 18.5. The van der Waals surface area contributed by atoms with Crippen molar-refractivity contribution in [2.75, 3.05) is 31.7 Å². The first-order valence-corrected chi connectivity index (χ1v) is 8.53. The number of amides is 2. The molecule has 136 valence electrons. The van der Waals surface area contributed by atoms with Crippen molar-refractivity contribution in [3.05, 3.63) is 54.6 Å². The SMILES string of the molecule is COCC(=O)N1CCN(c2ccc(Oc3ccccc3)cc2)C(=O)C1C. The van der Waals surface area contributed by atoms with Gasteiger partial charge in [0.1, 0.15) is 24.1 Å². The van der Waals surface area contributed by atoms with Crippen LogP contribution in [0.4, 0.5) is 5.69 Å². The summed E-state index contributed by atoms with van der Waals surface area (Å²) in [5.41, 5.74) is 0.793. The lowest BCUT2D eigenvalue weighted by Gasteiger charge is -2.39. The van der Waals surface area contributed by atoms with Crippen LogP contribution in [0.15, 0.2) is 54.6 Å². The minimum atomic E-state index is -0.508. The first-order chi connectivity index (χ1) is 12.6. The topological polar surface area (TPSA) is 59.1 Å². The summed E-state index contributed by atoms with van der Waals surface area (Å²) in [6.45, 7) is 2.67. The van der Waals surface area contributed by atoms with Gasteiger partial charge in [-0.05, 0) is 43.3 Å². The van der Waals surface area contributed by atoms with Crippen molar-refractivity contribution in [2.24, 2.45) is 0 Å². The highest BCUT2D eigenvalue weighted by atomic mass is 16.5. The summed E-state index contributed by atoms with van der Waals surface area (Å²) in [6.07, 6.45) is 0. The maximum absolute atomic E-state index is 12.7. The third-order valence-corrected chi connectivity index (χ3v) is 4.37. The van der Waals surface area contributed by atoms with Gasteiger partial charge in [0.05, 0.1) is 0 Å². The van der Waals surface area contributed by atoms with Gasteiger partial charge in [-0.25, -0.2) is 0 Å². The van der Waals surface area contributed by atoms with E-state index >= 15 is 0 Å². The number of rotatable bonds is 5. The quantitative estimate of drug-likeness (QED) is 0.828. The first kappa shape index (κ1) is 17.9. The van der Waals surface area contributed by atoms with Crippen LogP contribution in [0.1, 0.15) is 6.92 Å². The molecule has 1 fully saturated rings. The monoisotopic (exact) mass is 354 g/mol. The fraction of sp³-hybridized carbons (Fsp3) is 0.300. The Bertz CT molecular complexity index is 761. The minimum Gasteiger partial charge on any atom is -0.457 e. The summed E-state index contributed by atoms with van der Waals surface area (Å²) in [7, 11) is 1.47. The first-order valence-electron chi connectivity index (χ1n) is 8.53. The fourth-order valence-corrected chi connectivity index (χ4v) is 2.99. The summed E-state index contributed by atoms with van der Waals surface area (Å²) >= 11 is 0. The molecule has 2 aromatic rings. The van der Waals surface area contributed by atoms with Gasteiger partial charge < -0.3 is 19.3 Å². The molecule has 0 N–H and O–H groups in total. The second-order valence-corrected chi connectivity index (χ2v) is 6.10. The zero-order valence-electron chi connectivity index (χ0n) is 14.9. The van der Waals surface area contributed by atoms with Crippen molar-refractivity contribution in [3.63, 3.8) is 0 Å². The maximum atomic E-state index is 12.7. The van der Waals surface area contributed by atoms with Crippen LogP contribution in [0.25, 0.3) is 0 Å². The standard InChI is InChI=1S/C20H22N2O4/c1-15-20(24)22(13-12-21(15)19(23)14-25-2)16-8-10-18(11-9-16)26-17-6-4-3-5-7-17/h3-11,15H,12-14H2,1-2H3. The summed E-state index contributed by atoms with van der Waals surface area (Å²) in [6, 6.07) is 16.4. The molecule has 0 spiro atoms. The Kier molecular flexibility index (Phi) is 5.53. The molecule has 26 heavy (non-hydrogen) atoms. The van der Waals surface area contributed by atoms with E-state index in [-0.39, 0.29) is 18.4 Å². The Morgan fingerprint density at radius 3 is 2.35 bits per heavy atom. The molecule has 1 saturated heterocycles. The van der Waals surface area contributed by atoms with E-state index in [1.165, 1.54) is 7.11 Å². The number of para-hydroxylation sites is 1. The maximum Gasteiger partial charge on any atom is 0.249 e. The molecule has 0 radical (unpaired) electrons. The Hall–Kier alpha value is -2.86. The normalized spacial score (nSPS) is 17.3. The van der Waals surface area contributed by atoms with Gasteiger partial charge in [0, 0.05) is 25.9 Å². The van der Waals surface area contributed by atoms with Crippen LogP contribution in [0.2, 0.25) is 0 Å². The molecule has 3 rings (SSSR count). The second-order valence-electron chi connectivity index (χ2n) is 6.10. The molecule has 2 amide bonds. The molecule has 6 nitrogen and oxygen atoms in total. The van der Waals surface area contributed by atoms with Gasteiger partial charge >= 0.3 is 0 Å². The third kappa shape index (κ3) is 3.86. The summed E-state index contributed by atoms with van der Waals surface area (Å²) in [5, 5.41) is 0. The molecule has 1 unspecified atom stereocenters. The summed E-state index contributed by atoms with van der Waals surface area (Å²) in [4.78, 5) is 28.0. The fourth-order valence-electron chi connectivity index (χ4n) is 2.99. The number of anilines is 1. The lowest BCUT2D eigenvalue weighted by molar-refractivity contribution is -0.143. The van der Waals surface area contributed by atoms with E-state index in [1.807, 2.05) is 54.6 Å². The smallest absolute Gasteiger partial charge is 0.249 e. The Morgan fingerprint density at radius 1 is 1.04 bits per heavy atom. The number of piperazine rings is 1. The predicted octanol–water partition coefficient (Wildman–Crippen LogP) is 2.69. The molecule has 2 aromatic carbocycles. The van der Waals surface area contributed by atoms with Crippen LogP contribution in [-0.4, -0.2) is 49.6 Å². The van der Waals surface area contributed by atoms with Crippen molar-refractivity contribution in [3.8, 4) is 11.5 Å². The van der Waals surface area contributed by atoms with E-state index in [4.69, 9.17) is 9.47 Å². The molecule has 1 atom stereocenters. The van der Waals surface area contributed by atoms with Crippen molar-refractivity contribution >= 4 is 17.5 Å². The Balaban J connectivity index is 1.68. The van der Waals surface area contributed by atoms with Crippen molar-refractivity contribution in [1.82, 2.24) is 4.90 Å². The number of carbonyl (C=O) groups excluding carboxylic acids is 2. The Morgan fingerprint density at radius 2 is 1.69 bits per heavy atom. The van der Waals surface area contributed by atoms with Crippen LogP contribution in [0.3, 0.4) is 0 Å². The van der Waals surface area contributed by atoms with Crippen LogP contribution >= 0.6 is 0 Å². The Labute approximate surface area is 152 Å². The number of nitrogens with zero attached hydrogens (tertiary/aromatic N) is 2. The highest BCUT2D eigenvalue weighted by molar-refractivity contribution is 6.00. The highest BCUT2D eigenvalue weighted by Gasteiger charge is 2.34. The number of carbonyl (C=O) groups is 2. The van der Waals surface area contributed by atoms with Crippen molar-refractivity contribution in [2.45, 2.75) is 13.0 Å². The van der Waals surface area contributed by atoms with E-state index in [0.29, 0.717) is 18.8 Å². The number of ether oxygens (including phenoxy) is 2. The van der Waals surface area contributed by atoms with Gasteiger partial charge in [-0.15, -0.1) is 0 Å². The van der Waals surface area contributed by atoms with E-state index in [1.54, 1.807) is 16.7 Å². The van der Waals surface area contributed by atoms with Crippen molar-refractivity contribution < 1.29 is 19.1 Å². The molecular weight excluding hydrogens is 332 g/mol. The molecular formula is C20H22N2O4. The zero-order valence-corrected chi connectivity index (χ0v) is 14.9. The lowest BCUT2D eigenvalue weighted by atomic mass is 10.1. The van der Waals surface area contributed by atoms with E-state index in [2.05, 4.69) is 0 Å². The molecule has 0 bridgehead atoms. The van der Waals surface area contributed by atoms with Crippen LogP contribution < -0.4 is 9.64 Å². The van der Waals surface area contributed by atoms with Crippen molar-refractivity contribution in [1.29, 1.82) is 0 Å². The lowest BCUT2D eigenvalue weighted by Crippen LogP contribution is -2.58. The number of hydrogen-bond acceptors (Lipinski definition) is 4. The summed E-state index contributed by atoms with van der Waals surface area (Å²) < 4.78 is 10.7. The largest absolute Gasteiger partial charge is 0.457 e. The average molecular weight is 354 g/mol. The van der Waals surface area contributed by atoms with E-state index in [0.717, 1.165) is 11.4 Å². The number of methoxy groups -OCH3 is 1. The molecule has 1 aliphatic rings. The predicted molar refractivity (Wildman–Crippen MR) is 98.4 cm³/mol. The number of benzene rings is 2. The van der Waals surface area contributed by atoms with Gasteiger partial charge in [-0.2, -0.15) is 0 Å².